The molecule has 1 rings (SSSR count). The van der Waals surface area contributed by atoms with Gasteiger partial charge in [0.15, 0.2) is 0 Å². The van der Waals surface area contributed by atoms with Gasteiger partial charge in [-0.2, -0.15) is 18.3 Å². The predicted octanol–water partition coefficient (Wildman–Crippen LogP) is 2.47. The number of amides is 1. The van der Waals surface area contributed by atoms with Crippen molar-refractivity contribution in [1.82, 2.24) is 5.43 Å². The predicted molar refractivity (Wildman–Crippen MR) is 61.8 cm³/mol. The Labute approximate surface area is 109 Å². The second-order valence-corrected chi connectivity index (χ2v) is 5.17. The van der Waals surface area contributed by atoms with Crippen molar-refractivity contribution in [3.63, 3.8) is 0 Å². The van der Waals surface area contributed by atoms with Crippen molar-refractivity contribution in [2.24, 2.45) is 11.0 Å². The lowest BCUT2D eigenvalue weighted by atomic mass is 10.0. The highest BCUT2D eigenvalue weighted by molar-refractivity contribution is 5.92. The third kappa shape index (κ3) is 5.46. The van der Waals surface area contributed by atoms with Gasteiger partial charge in [0.1, 0.15) is 11.3 Å². The number of carbonyl (C=O) groups excluding carboxylic acids is 1. The van der Waals surface area contributed by atoms with Crippen LogP contribution in [0.3, 0.4) is 0 Å². The summed E-state index contributed by atoms with van der Waals surface area (Å²) in [6.07, 6.45) is -5.39. The second kappa shape index (κ2) is 5.77. The van der Waals surface area contributed by atoms with Crippen molar-refractivity contribution in [2.75, 3.05) is 13.2 Å². The first-order chi connectivity index (χ1) is 8.59. The first kappa shape index (κ1) is 15.7. The van der Waals surface area contributed by atoms with Gasteiger partial charge in [-0.1, -0.05) is 0 Å². The molecule has 1 fully saturated rings. The summed E-state index contributed by atoms with van der Waals surface area (Å²) in [4.78, 5) is 11.3. The average molecular weight is 282 g/mol. The van der Waals surface area contributed by atoms with Crippen molar-refractivity contribution in [3.05, 3.63) is 0 Å². The number of ether oxygens (including phenoxy) is 2. The van der Waals surface area contributed by atoms with Crippen LogP contribution < -0.4 is 5.43 Å². The molecule has 0 aromatic carbocycles. The Kier molecular flexibility index (Phi) is 4.78. The van der Waals surface area contributed by atoms with Crippen molar-refractivity contribution in [3.8, 4) is 0 Å². The van der Waals surface area contributed by atoms with Crippen LogP contribution in [0, 0.1) is 5.92 Å². The molecule has 1 aliphatic rings. The summed E-state index contributed by atoms with van der Waals surface area (Å²) in [6, 6.07) is 0. The van der Waals surface area contributed by atoms with E-state index in [1.165, 1.54) is 0 Å². The molecule has 0 saturated carbocycles. The maximum Gasteiger partial charge on any atom is 0.431 e. The van der Waals surface area contributed by atoms with Crippen LogP contribution in [0.4, 0.5) is 18.0 Å². The molecule has 19 heavy (non-hydrogen) atoms. The molecular formula is C11H17F3N2O3. The van der Waals surface area contributed by atoms with Crippen LogP contribution in [0.5, 0.6) is 0 Å². The quantitative estimate of drug-likeness (QED) is 0.625. The van der Waals surface area contributed by atoms with Gasteiger partial charge in [-0.05, 0) is 27.2 Å². The zero-order valence-electron chi connectivity index (χ0n) is 11.0. The fraction of sp³-hybridized carbons (Fsp3) is 0.818. The first-order valence-electron chi connectivity index (χ1n) is 5.81. The molecule has 1 saturated heterocycles. The van der Waals surface area contributed by atoms with Crippen LogP contribution in [-0.4, -0.2) is 36.8 Å². The number of carbonyl (C=O) groups is 1. The lowest BCUT2D eigenvalue weighted by Gasteiger charge is -2.19. The Morgan fingerprint density at radius 3 is 2.42 bits per heavy atom. The van der Waals surface area contributed by atoms with Crippen LogP contribution in [0.15, 0.2) is 5.10 Å². The molecule has 0 aromatic heterocycles. The van der Waals surface area contributed by atoms with E-state index in [1.807, 2.05) is 0 Å². The number of hydrogen-bond donors (Lipinski definition) is 1. The topological polar surface area (TPSA) is 59.9 Å². The molecule has 0 bridgehead atoms. The normalized spacial score (nSPS) is 21.4. The van der Waals surface area contributed by atoms with E-state index in [-0.39, 0.29) is 19.6 Å². The van der Waals surface area contributed by atoms with Gasteiger partial charge >= 0.3 is 12.3 Å². The Morgan fingerprint density at radius 2 is 2.00 bits per heavy atom. The molecule has 1 heterocycles. The number of alkyl halides is 3. The molecule has 110 valence electrons. The summed E-state index contributed by atoms with van der Waals surface area (Å²) in [7, 11) is 0. The minimum atomic E-state index is -4.60. The van der Waals surface area contributed by atoms with Gasteiger partial charge in [0.25, 0.3) is 0 Å². The highest BCUT2D eigenvalue weighted by Gasteiger charge is 2.42. The van der Waals surface area contributed by atoms with Crippen LogP contribution in [0.2, 0.25) is 0 Å². The summed E-state index contributed by atoms with van der Waals surface area (Å²) < 4.78 is 48.0. The van der Waals surface area contributed by atoms with E-state index in [2.05, 4.69) is 5.10 Å². The van der Waals surface area contributed by atoms with E-state index in [4.69, 9.17) is 9.47 Å². The number of halogens is 3. The van der Waals surface area contributed by atoms with Crippen molar-refractivity contribution >= 4 is 11.8 Å². The molecule has 1 atom stereocenters. The van der Waals surface area contributed by atoms with Gasteiger partial charge in [-0.3, -0.25) is 0 Å². The molecule has 0 radical (unpaired) electrons. The molecule has 1 amide bonds. The summed E-state index contributed by atoms with van der Waals surface area (Å²) in [5.74, 6) is -0.852. The van der Waals surface area contributed by atoms with E-state index in [0.29, 0.717) is 0 Å². The average Bonchev–Trinajstić information content (AvgIpc) is 2.65. The Balaban J connectivity index is 2.70. The van der Waals surface area contributed by atoms with Crippen LogP contribution in [-0.2, 0) is 9.47 Å². The van der Waals surface area contributed by atoms with Gasteiger partial charge < -0.3 is 9.47 Å². The maximum atomic E-state index is 12.8. The van der Waals surface area contributed by atoms with Gasteiger partial charge in [0.05, 0.1) is 6.61 Å². The SMILES string of the molecule is CC(C)(C)OC(=O)N/N=C(/C1CCOC1)C(F)(F)F. The van der Waals surface area contributed by atoms with Gasteiger partial charge in [0.2, 0.25) is 0 Å². The number of nitrogens with zero attached hydrogens (tertiary/aromatic N) is 1. The monoisotopic (exact) mass is 282 g/mol. The lowest BCUT2D eigenvalue weighted by molar-refractivity contribution is -0.0635. The molecule has 0 aromatic rings. The van der Waals surface area contributed by atoms with Crippen molar-refractivity contribution < 1.29 is 27.4 Å². The molecule has 0 aliphatic carbocycles. The van der Waals surface area contributed by atoms with Gasteiger partial charge in [-0.15, -0.1) is 0 Å². The Hall–Kier alpha value is -1.31. The lowest BCUT2D eigenvalue weighted by Crippen LogP contribution is -2.36. The molecule has 8 heteroatoms. The minimum Gasteiger partial charge on any atom is -0.443 e. The maximum absolute atomic E-state index is 12.8. The van der Waals surface area contributed by atoms with E-state index < -0.39 is 29.5 Å². The largest absolute Gasteiger partial charge is 0.443 e. The summed E-state index contributed by atoms with van der Waals surface area (Å²) in [5, 5.41) is 3.15. The highest BCUT2D eigenvalue weighted by atomic mass is 19.4. The molecule has 5 nitrogen and oxygen atoms in total. The zero-order valence-corrected chi connectivity index (χ0v) is 11.0. The van der Waals surface area contributed by atoms with Crippen LogP contribution in [0.25, 0.3) is 0 Å². The van der Waals surface area contributed by atoms with Gasteiger partial charge in [0, 0.05) is 12.5 Å². The molecule has 1 unspecified atom stereocenters. The number of hydrogen-bond acceptors (Lipinski definition) is 4. The summed E-state index contributed by atoms with van der Waals surface area (Å²) in [6.45, 7) is 5.02. The molecule has 1 N–H and O–H groups in total. The standard InChI is InChI=1S/C11H17F3N2O3/c1-10(2,3)19-9(17)16-15-8(11(12,13)14)7-4-5-18-6-7/h7H,4-6H2,1-3H3,(H,16,17)/b15-8-. The van der Waals surface area contributed by atoms with Crippen LogP contribution >= 0.6 is 0 Å². The summed E-state index contributed by atoms with van der Waals surface area (Å²) >= 11 is 0. The number of hydrazone groups is 1. The van der Waals surface area contributed by atoms with E-state index in [0.717, 1.165) is 0 Å². The smallest absolute Gasteiger partial charge is 0.431 e. The first-order valence-corrected chi connectivity index (χ1v) is 5.81. The third-order valence-electron chi connectivity index (χ3n) is 2.27. The van der Waals surface area contributed by atoms with E-state index in [1.54, 1.807) is 26.2 Å². The van der Waals surface area contributed by atoms with E-state index in [9.17, 15) is 18.0 Å². The highest BCUT2D eigenvalue weighted by Crippen LogP contribution is 2.27. The zero-order chi connectivity index (χ0) is 14.7. The summed E-state index contributed by atoms with van der Waals surface area (Å²) in [5.41, 5.74) is -0.0687. The molecule has 0 spiro atoms. The minimum absolute atomic E-state index is 0.0473. The van der Waals surface area contributed by atoms with Crippen molar-refractivity contribution in [1.29, 1.82) is 0 Å². The van der Waals surface area contributed by atoms with Crippen molar-refractivity contribution in [2.45, 2.75) is 39.0 Å². The fourth-order valence-electron chi connectivity index (χ4n) is 1.54. The molecule has 1 aliphatic heterocycles. The number of rotatable bonds is 2. The second-order valence-electron chi connectivity index (χ2n) is 5.17. The third-order valence-corrected chi connectivity index (χ3v) is 2.27. The number of nitrogens with one attached hydrogen (secondary N) is 1. The molecular weight excluding hydrogens is 265 g/mol. The Bertz CT molecular complexity index is 355. The fourth-order valence-corrected chi connectivity index (χ4v) is 1.54. The Morgan fingerprint density at radius 1 is 1.37 bits per heavy atom. The van der Waals surface area contributed by atoms with E-state index >= 15 is 0 Å². The van der Waals surface area contributed by atoms with Crippen LogP contribution in [0.1, 0.15) is 27.2 Å². The van der Waals surface area contributed by atoms with Gasteiger partial charge in [-0.25, -0.2) is 10.2 Å².